The van der Waals surface area contributed by atoms with E-state index in [1.165, 1.54) is 6.08 Å². The molecular formula is C19H17N3O2. The molecule has 2 heterocycles. The van der Waals surface area contributed by atoms with E-state index < -0.39 is 5.91 Å². The van der Waals surface area contributed by atoms with Crippen LogP contribution in [0.3, 0.4) is 0 Å². The Kier molecular flexibility index (Phi) is 4.00. The second-order valence-electron chi connectivity index (χ2n) is 5.69. The van der Waals surface area contributed by atoms with Crippen LogP contribution in [0.5, 0.6) is 0 Å². The van der Waals surface area contributed by atoms with Crippen LogP contribution in [0.25, 0.3) is 28.2 Å². The number of Topliss-reactive ketones (excluding diaryl/α,β-unsaturated/α-hetero) is 1. The lowest BCUT2D eigenvalue weighted by molar-refractivity contribution is -0.113. The van der Waals surface area contributed by atoms with Crippen LogP contribution in [0.4, 0.5) is 0 Å². The van der Waals surface area contributed by atoms with Gasteiger partial charge in [-0.2, -0.15) is 0 Å². The van der Waals surface area contributed by atoms with Crippen molar-refractivity contribution in [1.82, 2.24) is 9.97 Å². The molecule has 3 rings (SSSR count). The van der Waals surface area contributed by atoms with Gasteiger partial charge in [-0.25, -0.2) is 4.98 Å². The minimum absolute atomic E-state index is 0.0529. The molecule has 24 heavy (non-hydrogen) atoms. The number of nitrogens with one attached hydrogen (secondary N) is 1. The number of aromatic nitrogens is 2. The second kappa shape index (κ2) is 6.12. The van der Waals surface area contributed by atoms with E-state index in [9.17, 15) is 9.59 Å². The van der Waals surface area contributed by atoms with E-state index >= 15 is 0 Å². The summed E-state index contributed by atoms with van der Waals surface area (Å²) >= 11 is 0. The molecule has 3 N–H and O–H groups in total. The van der Waals surface area contributed by atoms with Gasteiger partial charge in [-0.15, -0.1) is 0 Å². The highest BCUT2D eigenvalue weighted by Crippen LogP contribution is 2.27. The molecule has 0 unspecified atom stereocenters. The Bertz CT molecular complexity index is 983. The van der Waals surface area contributed by atoms with Crippen LogP contribution in [0.1, 0.15) is 28.4 Å². The first-order valence-electron chi connectivity index (χ1n) is 7.52. The highest BCUT2D eigenvalue weighted by molar-refractivity contribution is 5.97. The zero-order chi connectivity index (χ0) is 17.3. The average molecular weight is 319 g/mol. The number of rotatable bonds is 4. The van der Waals surface area contributed by atoms with E-state index in [-0.39, 0.29) is 5.78 Å². The van der Waals surface area contributed by atoms with Crippen molar-refractivity contribution in [2.24, 2.45) is 5.73 Å². The molecule has 0 aliphatic heterocycles. The number of H-pyrrole nitrogens is 1. The normalized spacial score (nSPS) is 11.2. The minimum atomic E-state index is -0.496. The smallest absolute Gasteiger partial charge is 0.241 e. The van der Waals surface area contributed by atoms with Crippen LogP contribution < -0.4 is 5.73 Å². The molecule has 1 amide bonds. The van der Waals surface area contributed by atoms with Gasteiger partial charge in [0.15, 0.2) is 5.78 Å². The van der Waals surface area contributed by atoms with Crippen LogP contribution in [0.2, 0.25) is 0 Å². The van der Waals surface area contributed by atoms with Gasteiger partial charge in [0, 0.05) is 40.5 Å². The number of fused-ring (bicyclic) bond motifs is 1. The van der Waals surface area contributed by atoms with Gasteiger partial charge < -0.3 is 10.7 Å². The molecule has 0 aliphatic carbocycles. The molecule has 0 atom stereocenters. The van der Waals surface area contributed by atoms with Crippen molar-refractivity contribution in [2.75, 3.05) is 0 Å². The Labute approximate surface area is 139 Å². The summed E-state index contributed by atoms with van der Waals surface area (Å²) in [4.78, 5) is 30.0. The Morgan fingerprint density at radius 3 is 2.67 bits per heavy atom. The zero-order valence-corrected chi connectivity index (χ0v) is 13.5. The molecular weight excluding hydrogens is 302 g/mol. The first-order valence-corrected chi connectivity index (χ1v) is 7.52. The monoisotopic (exact) mass is 319 g/mol. The molecule has 5 nitrogen and oxygen atoms in total. The van der Waals surface area contributed by atoms with Gasteiger partial charge in [-0.3, -0.25) is 9.59 Å². The van der Waals surface area contributed by atoms with Crippen molar-refractivity contribution in [3.63, 3.8) is 0 Å². The molecule has 120 valence electrons. The predicted octanol–water partition coefficient (Wildman–Crippen LogP) is 3.24. The summed E-state index contributed by atoms with van der Waals surface area (Å²) in [6.45, 7) is 3.48. The molecule has 1 aromatic carbocycles. The van der Waals surface area contributed by atoms with Crippen molar-refractivity contribution in [3.05, 3.63) is 59.4 Å². The van der Waals surface area contributed by atoms with Crippen LogP contribution in [-0.4, -0.2) is 21.7 Å². The third-order valence-electron chi connectivity index (χ3n) is 3.93. The Morgan fingerprint density at radius 1 is 1.21 bits per heavy atom. The molecule has 0 radical (unpaired) electrons. The van der Waals surface area contributed by atoms with E-state index in [4.69, 9.17) is 5.73 Å². The fraction of sp³-hybridized carbons (Fsp3) is 0.105. The molecule has 0 spiro atoms. The number of primary amides is 1. The third kappa shape index (κ3) is 2.96. The van der Waals surface area contributed by atoms with E-state index in [2.05, 4.69) is 9.97 Å². The summed E-state index contributed by atoms with van der Waals surface area (Å²) < 4.78 is 0. The largest absolute Gasteiger partial charge is 0.366 e. The number of hydrogen-bond donors (Lipinski definition) is 2. The fourth-order valence-corrected chi connectivity index (χ4v) is 2.73. The first-order chi connectivity index (χ1) is 11.5. The predicted molar refractivity (Wildman–Crippen MR) is 94.5 cm³/mol. The Balaban J connectivity index is 2.07. The number of carbonyl (C=O) groups excluding carboxylic acids is 2. The molecule has 0 saturated carbocycles. The summed E-state index contributed by atoms with van der Waals surface area (Å²) in [5.74, 6) is -0.443. The van der Waals surface area contributed by atoms with E-state index in [1.807, 2.05) is 31.2 Å². The Morgan fingerprint density at radius 2 is 2.00 bits per heavy atom. The summed E-state index contributed by atoms with van der Waals surface area (Å²) in [7, 11) is 0. The molecule has 3 aromatic rings. The topological polar surface area (TPSA) is 88.8 Å². The van der Waals surface area contributed by atoms with Gasteiger partial charge in [0.25, 0.3) is 0 Å². The van der Waals surface area contributed by atoms with Crippen molar-refractivity contribution in [3.8, 4) is 11.1 Å². The molecule has 5 heteroatoms. The van der Waals surface area contributed by atoms with Crippen LogP contribution >= 0.6 is 0 Å². The maximum absolute atomic E-state index is 11.6. The van der Waals surface area contributed by atoms with Crippen LogP contribution in [0, 0.1) is 6.92 Å². The van der Waals surface area contributed by atoms with Gasteiger partial charge in [-0.05, 0) is 37.1 Å². The standard InChI is InChI=1S/C19H17N3O2/c1-11-7-13(3-5-16(11)12(2)23)15-8-17-14(4-6-18(20)24)9-21-19(17)22-10-15/h3-10H,1-2H3,(H2,20,24)(H,21,22). The molecule has 0 saturated heterocycles. The van der Waals surface area contributed by atoms with Gasteiger partial charge in [-0.1, -0.05) is 18.2 Å². The number of nitrogens with zero attached hydrogens (tertiary/aromatic N) is 1. The van der Waals surface area contributed by atoms with Gasteiger partial charge in [0.05, 0.1) is 0 Å². The van der Waals surface area contributed by atoms with Crippen molar-refractivity contribution in [1.29, 1.82) is 0 Å². The number of ketones is 1. The summed E-state index contributed by atoms with van der Waals surface area (Å²) in [5, 5.41) is 0.901. The van der Waals surface area contributed by atoms with E-state index in [1.54, 1.807) is 25.4 Å². The highest BCUT2D eigenvalue weighted by atomic mass is 16.1. The number of aromatic amines is 1. The summed E-state index contributed by atoms with van der Waals surface area (Å²) in [6.07, 6.45) is 6.55. The number of benzene rings is 1. The lowest BCUT2D eigenvalue weighted by Crippen LogP contribution is -2.04. The lowest BCUT2D eigenvalue weighted by Gasteiger charge is -2.07. The third-order valence-corrected chi connectivity index (χ3v) is 3.93. The van der Waals surface area contributed by atoms with E-state index in [0.717, 1.165) is 38.9 Å². The lowest BCUT2D eigenvalue weighted by atomic mass is 9.98. The maximum Gasteiger partial charge on any atom is 0.241 e. The van der Waals surface area contributed by atoms with Crippen molar-refractivity contribution in [2.45, 2.75) is 13.8 Å². The zero-order valence-electron chi connectivity index (χ0n) is 13.5. The van der Waals surface area contributed by atoms with Gasteiger partial charge in [0.1, 0.15) is 5.65 Å². The minimum Gasteiger partial charge on any atom is -0.366 e. The second-order valence-corrected chi connectivity index (χ2v) is 5.69. The number of aryl methyl sites for hydroxylation is 1. The number of pyridine rings is 1. The van der Waals surface area contributed by atoms with Crippen LogP contribution in [-0.2, 0) is 4.79 Å². The van der Waals surface area contributed by atoms with Crippen LogP contribution in [0.15, 0.2) is 42.7 Å². The molecule has 0 fully saturated rings. The summed E-state index contributed by atoms with van der Waals surface area (Å²) in [5.41, 5.74) is 10.3. The fourth-order valence-electron chi connectivity index (χ4n) is 2.73. The number of carbonyl (C=O) groups is 2. The number of hydrogen-bond acceptors (Lipinski definition) is 3. The summed E-state index contributed by atoms with van der Waals surface area (Å²) in [6, 6.07) is 7.73. The number of amides is 1. The van der Waals surface area contributed by atoms with Crippen molar-refractivity contribution >= 4 is 28.8 Å². The molecule has 0 aliphatic rings. The maximum atomic E-state index is 11.6. The Hall–Kier alpha value is -3.21. The molecule has 2 aromatic heterocycles. The SMILES string of the molecule is CC(=O)c1ccc(-c2cnc3[nH]cc(C=CC(N)=O)c3c2)cc1C. The van der Waals surface area contributed by atoms with E-state index in [0.29, 0.717) is 0 Å². The number of nitrogens with two attached hydrogens (primary N) is 1. The average Bonchev–Trinajstić information content (AvgIpc) is 2.94. The van der Waals surface area contributed by atoms with Gasteiger partial charge >= 0.3 is 0 Å². The highest BCUT2D eigenvalue weighted by Gasteiger charge is 2.09. The van der Waals surface area contributed by atoms with Gasteiger partial charge in [0.2, 0.25) is 5.91 Å². The molecule has 0 bridgehead atoms. The van der Waals surface area contributed by atoms with Crippen molar-refractivity contribution < 1.29 is 9.59 Å². The quantitative estimate of drug-likeness (QED) is 0.571. The first kappa shape index (κ1) is 15.7.